The van der Waals surface area contributed by atoms with Crippen LogP contribution in [-0.2, 0) is 6.54 Å². The molecule has 0 bridgehead atoms. The maximum Gasteiger partial charge on any atom is 0.321 e. The SMILES string of the molecule is Cc1cccc(CNC(=O)c2ccc(-c3cnc(Oc4ccccc4)nc3)cc2)c1. The van der Waals surface area contributed by atoms with E-state index in [-0.39, 0.29) is 11.9 Å². The number of hydrogen-bond donors (Lipinski definition) is 1. The van der Waals surface area contributed by atoms with E-state index in [0.717, 1.165) is 16.7 Å². The summed E-state index contributed by atoms with van der Waals surface area (Å²) >= 11 is 0. The first-order valence-corrected chi connectivity index (χ1v) is 9.66. The van der Waals surface area contributed by atoms with Gasteiger partial charge in [-0.2, -0.15) is 0 Å². The van der Waals surface area contributed by atoms with Gasteiger partial charge < -0.3 is 10.1 Å². The molecule has 4 rings (SSSR count). The number of para-hydroxylation sites is 1. The summed E-state index contributed by atoms with van der Waals surface area (Å²) in [5.41, 5.74) is 4.64. The van der Waals surface area contributed by atoms with E-state index in [1.54, 1.807) is 24.5 Å². The number of carbonyl (C=O) groups is 1. The molecule has 0 unspecified atom stereocenters. The van der Waals surface area contributed by atoms with Crippen molar-refractivity contribution in [2.75, 3.05) is 0 Å². The smallest absolute Gasteiger partial charge is 0.321 e. The third-order valence-electron chi connectivity index (χ3n) is 4.60. The fourth-order valence-corrected chi connectivity index (χ4v) is 3.03. The first-order chi connectivity index (χ1) is 14.7. The Morgan fingerprint density at radius 2 is 1.60 bits per heavy atom. The summed E-state index contributed by atoms with van der Waals surface area (Å²) in [6.07, 6.45) is 3.41. The van der Waals surface area contributed by atoms with Crippen LogP contribution < -0.4 is 10.1 Å². The largest absolute Gasteiger partial charge is 0.424 e. The topological polar surface area (TPSA) is 64.1 Å². The Kier molecular flexibility index (Phi) is 5.80. The van der Waals surface area contributed by atoms with Gasteiger partial charge in [0.1, 0.15) is 5.75 Å². The molecule has 0 aliphatic carbocycles. The highest BCUT2D eigenvalue weighted by Crippen LogP contribution is 2.21. The van der Waals surface area contributed by atoms with E-state index in [1.165, 1.54) is 5.56 Å². The molecule has 0 aliphatic rings. The second-order valence-corrected chi connectivity index (χ2v) is 6.92. The number of amides is 1. The zero-order chi connectivity index (χ0) is 20.8. The predicted molar refractivity (Wildman–Crippen MR) is 116 cm³/mol. The minimum atomic E-state index is -0.106. The Bertz CT molecular complexity index is 1130. The van der Waals surface area contributed by atoms with Crippen molar-refractivity contribution in [1.82, 2.24) is 15.3 Å². The van der Waals surface area contributed by atoms with Crippen molar-refractivity contribution in [3.05, 3.63) is 108 Å². The van der Waals surface area contributed by atoms with Crippen molar-refractivity contribution in [3.63, 3.8) is 0 Å². The Labute approximate surface area is 175 Å². The summed E-state index contributed by atoms with van der Waals surface area (Å²) in [6.45, 7) is 2.53. The average molecular weight is 395 g/mol. The number of nitrogens with one attached hydrogen (secondary N) is 1. The predicted octanol–water partition coefficient (Wildman–Crippen LogP) is 5.17. The summed E-state index contributed by atoms with van der Waals surface area (Å²) in [5.74, 6) is 0.581. The molecule has 30 heavy (non-hydrogen) atoms. The molecule has 0 atom stereocenters. The van der Waals surface area contributed by atoms with Gasteiger partial charge >= 0.3 is 6.01 Å². The summed E-state index contributed by atoms with van der Waals surface area (Å²) < 4.78 is 5.62. The van der Waals surface area contributed by atoms with E-state index in [2.05, 4.69) is 21.4 Å². The fourth-order valence-electron chi connectivity index (χ4n) is 3.03. The highest BCUT2D eigenvalue weighted by molar-refractivity contribution is 5.94. The van der Waals surface area contributed by atoms with Gasteiger partial charge in [0.25, 0.3) is 5.91 Å². The van der Waals surface area contributed by atoms with E-state index in [0.29, 0.717) is 17.9 Å². The van der Waals surface area contributed by atoms with Gasteiger partial charge in [-0.25, -0.2) is 9.97 Å². The molecule has 0 aliphatic heterocycles. The molecule has 1 heterocycles. The molecule has 0 spiro atoms. The van der Waals surface area contributed by atoms with Crippen LogP contribution in [-0.4, -0.2) is 15.9 Å². The van der Waals surface area contributed by atoms with Gasteiger partial charge in [0, 0.05) is 30.1 Å². The van der Waals surface area contributed by atoms with E-state index < -0.39 is 0 Å². The summed E-state index contributed by atoms with van der Waals surface area (Å²) in [4.78, 5) is 20.9. The average Bonchev–Trinajstić information content (AvgIpc) is 2.79. The second-order valence-electron chi connectivity index (χ2n) is 6.92. The van der Waals surface area contributed by atoms with E-state index in [4.69, 9.17) is 4.74 Å². The van der Waals surface area contributed by atoms with Crippen LogP contribution in [0.25, 0.3) is 11.1 Å². The lowest BCUT2D eigenvalue weighted by atomic mass is 10.1. The molecule has 148 valence electrons. The molecule has 1 N–H and O–H groups in total. The fraction of sp³-hybridized carbons (Fsp3) is 0.0800. The second kappa shape index (κ2) is 9.01. The van der Waals surface area contributed by atoms with Crippen molar-refractivity contribution < 1.29 is 9.53 Å². The number of benzene rings is 3. The number of aromatic nitrogens is 2. The molecule has 3 aromatic carbocycles. The van der Waals surface area contributed by atoms with Crippen molar-refractivity contribution in [1.29, 1.82) is 0 Å². The summed E-state index contributed by atoms with van der Waals surface area (Å²) in [7, 11) is 0. The molecular formula is C25H21N3O2. The lowest BCUT2D eigenvalue weighted by molar-refractivity contribution is 0.0951. The maximum atomic E-state index is 12.4. The van der Waals surface area contributed by atoms with Gasteiger partial charge in [-0.05, 0) is 42.3 Å². The van der Waals surface area contributed by atoms with Crippen LogP contribution in [0.2, 0.25) is 0 Å². The van der Waals surface area contributed by atoms with Gasteiger partial charge in [-0.1, -0.05) is 60.2 Å². The highest BCUT2D eigenvalue weighted by atomic mass is 16.5. The molecule has 0 saturated carbocycles. The molecule has 1 aromatic heterocycles. The molecule has 0 saturated heterocycles. The van der Waals surface area contributed by atoms with Crippen molar-refractivity contribution >= 4 is 5.91 Å². The molecule has 4 aromatic rings. The van der Waals surface area contributed by atoms with Crippen LogP contribution in [0.3, 0.4) is 0 Å². The molecule has 5 nitrogen and oxygen atoms in total. The van der Waals surface area contributed by atoms with Crippen molar-refractivity contribution in [2.45, 2.75) is 13.5 Å². The quantitative estimate of drug-likeness (QED) is 0.489. The Morgan fingerprint density at radius 3 is 2.30 bits per heavy atom. The zero-order valence-electron chi connectivity index (χ0n) is 16.6. The summed E-state index contributed by atoms with van der Waals surface area (Å²) in [6, 6.07) is 25.2. The Hall–Kier alpha value is -3.99. The van der Waals surface area contributed by atoms with E-state index >= 15 is 0 Å². The molecule has 1 amide bonds. The van der Waals surface area contributed by atoms with Gasteiger partial charge in [-0.15, -0.1) is 0 Å². The van der Waals surface area contributed by atoms with Gasteiger partial charge in [0.15, 0.2) is 0 Å². The Morgan fingerprint density at radius 1 is 0.867 bits per heavy atom. The van der Waals surface area contributed by atoms with Crippen LogP contribution in [0, 0.1) is 6.92 Å². The lowest BCUT2D eigenvalue weighted by Gasteiger charge is -2.08. The number of ether oxygens (including phenoxy) is 1. The van der Waals surface area contributed by atoms with Crippen LogP contribution in [0.15, 0.2) is 91.3 Å². The number of nitrogens with zero attached hydrogens (tertiary/aromatic N) is 2. The van der Waals surface area contributed by atoms with Crippen molar-refractivity contribution in [2.24, 2.45) is 0 Å². The standard InChI is InChI=1S/C25H21N3O2/c1-18-6-5-7-19(14-18)15-26-24(29)21-12-10-20(11-13-21)22-16-27-25(28-17-22)30-23-8-3-2-4-9-23/h2-14,16-17H,15H2,1H3,(H,26,29). The van der Waals surface area contributed by atoms with Crippen LogP contribution in [0.4, 0.5) is 0 Å². The maximum absolute atomic E-state index is 12.4. The Balaban J connectivity index is 1.38. The third kappa shape index (κ3) is 4.89. The van der Waals surface area contributed by atoms with Gasteiger partial charge in [0.2, 0.25) is 0 Å². The van der Waals surface area contributed by atoms with E-state index in [9.17, 15) is 4.79 Å². The van der Waals surface area contributed by atoms with Crippen LogP contribution in [0.1, 0.15) is 21.5 Å². The number of hydrogen-bond acceptors (Lipinski definition) is 4. The monoisotopic (exact) mass is 395 g/mol. The van der Waals surface area contributed by atoms with Gasteiger partial charge in [0.05, 0.1) is 0 Å². The number of rotatable bonds is 6. The van der Waals surface area contributed by atoms with Crippen molar-refractivity contribution in [3.8, 4) is 22.9 Å². The van der Waals surface area contributed by atoms with Crippen LogP contribution in [0.5, 0.6) is 11.8 Å². The first kappa shape index (κ1) is 19.3. The van der Waals surface area contributed by atoms with Crippen LogP contribution >= 0.6 is 0 Å². The first-order valence-electron chi connectivity index (χ1n) is 9.66. The number of carbonyl (C=O) groups excluding carboxylic acids is 1. The van der Waals surface area contributed by atoms with E-state index in [1.807, 2.05) is 67.6 Å². The molecule has 5 heteroatoms. The minimum Gasteiger partial charge on any atom is -0.424 e. The van der Waals surface area contributed by atoms with Gasteiger partial charge in [-0.3, -0.25) is 4.79 Å². The molecule has 0 radical (unpaired) electrons. The minimum absolute atomic E-state index is 0.106. The molecular weight excluding hydrogens is 374 g/mol. The number of aryl methyl sites for hydroxylation is 1. The third-order valence-corrected chi connectivity index (χ3v) is 4.60. The zero-order valence-corrected chi connectivity index (χ0v) is 16.6. The highest BCUT2D eigenvalue weighted by Gasteiger charge is 2.07. The summed E-state index contributed by atoms with van der Waals surface area (Å²) in [5, 5.41) is 2.95. The molecule has 0 fully saturated rings. The lowest BCUT2D eigenvalue weighted by Crippen LogP contribution is -2.22. The normalized spacial score (nSPS) is 10.4.